The Kier molecular flexibility index (Phi) is 4.83. The Balaban J connectivity index is 1.93. The van der Waals surface area contributed by atoms with Gasteiger partial charge in [-0.1, -0.05) is 17.7 Å². The first-order valence-corrected chi connectivity index (χ1v) is 8.20. The molecule has 0 saturated carbocycles. The van der Waals surface area contributed by atoms with Gasteiger partial charge in [0.15, 0.2) is 5.13 Å². The second-order valence-corrected chi connectivity index (χ2v) is 6.99. The average molecular weight is 306 g/mol. The molecule has 1 aromatic carbocycles. The summed E-state index contributed by atoms with van der Waals surface area (Å²) in [5.41, 5.74) is 3.39. The number of thiazole rings is 1. The van der Waals surface area contributed by atoms with E-state index in [4.69, 9.17) is 0 Å². The predicted octanol–water partition coefficient (Wildman–Crippen LogP) is 4.11. The van der Waals surface area contributed by atoms with Gasteiger partial charge in [-0.2, -0.15) is 0 Å². The summed E-state index contributed by atoms with van der Waals surface area (Å²) in [6.07, 6.45) is 0. The molecule has 5 heteroatoms. The zero-order chi connectivity index (χ0) is 14.7. The number of rotatable bonds is 4. The van der Waals surface area contributed by atoms with Crippen molar-refractivity contribution in [2.75, 3.05) is 11.1 Å². The van der Waals surface area contributed by atoms with Crippen LogP contribution in [0.5, 0.6) is 0 Å². The second kappa shape index (κ2) is 6.41. The maximum atomic E-state index is 11.9. The molecule has 0 atom stereocenters. The monoisotopic (exact) mass is 306 g/mol. The average Bonchev–Trinajstić information content (AvgIpc) is 2.69. The summed E-state index contributed by atoms with van der Waals surface area (Å²) in [4.78, 5) is 18.6. The van der Waals surface area contributed by atoms with E-state index < -0.39 is 0 Å². The molecular formula is C15H18N2OS2. The van der Waals surface area contributed by atoms with Crippen LogP contribution in [0.15, 0.2) is 23.1 Å². The fraction of sp³-hybridized carbons (Fsp3) is 0.333. The van der Waals surface area contributed by atoms with Crippen LogP contribution in [0.2, 0.25) is 0 Å². The van der Waals surface area contributed by atoms with E-state index in [-0.39, 0.29) is 5.91 Å². The molecule has 20 heavy (non-hydrogen) atoms. The van der Waals surface area contributed by atoms with Crippen molar-refractivity contribution in [1.82, 2.24) is 4.98 Å². The van der Waals surface area contributed by atoms with Gasteiger partial charge in [0.05, 0.1) is 11.4 Å². The van der Waals surface area contributed by atoms with E-state index in [2.05, 4.69) is 42.3 Å². The van der Waals surface area contributed by atoms with Crippen LogP contribution in [0.1, 0.15) is 21.7 Å². The first-order chi connectivity index (χ1) is 9.45. The third kappa shape index (κ3) is 3.84. The van der Waals surface area contributed by atoms with Gasteiger partial charge in [-0.3, -0.25) is 4.79 Å². The summed E-state index contributed by atoms with van der Waals surface area (Å²) in [5.74, 6) is 0.395. The molecule has 0 aliphatic heterocycles. The highest BCUT2D eigenvalue weighted by molar-refractivity contribution is 8.00. The number of nitrogens with zero attached hydrogens (tertiary/aromatic N) is 1. The normalized spacial score (nSPS) is 10.6. The topological polar surface area (TPSA) is 42.0 Å². The minimum atomic E-state index is -0.00958. The highest BCUT2D eigenvalue weighted by atomic mass is 32.2. The molecule has 1 amide bonds. The minimum absolute atomic E-state index is 0.00958. The number of hydrogen-bond acceptors (Lipinski definition) is 4. The van der Waals surface area contributed by atoms with Crippen LogP contribution in [0.3, 0.4) is 0 Å². The van der Waals surface area contributed by atoms with Crippen LogP contribution >= 0.6 is 23.1 Å². The van der Waals surface area contributed by atoms with Gasteiger partial charge >= 0.3 is 0 Å². The van der Waals surface area contributed by atoms with E-state index >= 15 is 0 Å². The Morgan fingerprint density at radius 3 is 2.70 bits per heavy atom. The van der Waals surface area contributed by atoms with E-state index in [1.165, 1.54) is 22.5 Å². The lowest BCUT2D eigenvalue weighted by molar-refractivity contribution is -0.113. The first-order valence-electron chi connectivity index (χ1n) is 6.39. The molecule has 1 heterocycles. The maximum absolute atomic E-state index is 11.9. The van der Waals surface area contributed by atoms with Gasteiger partial charge in [-0.15, -0.1) is 23.1 Å². The number of aryl methyl sites for hydroxylation is 4. The molecule has 106 valence electrons. The van der Waals surface area contributed by atoms with Crippen LogP contribution in [0.4, 0.5) is 5.13 Å². The Hall–Kier alpha value is -1.33. The van der Waals surface area contributed by atoms with E-state index in [1.807, 2.05) is 13.8 Å². The summed E-state index contributed by atoms with van der Waals surface area (Å²) < 4.78 is 0. The largest absolute Gasteiger partial charge is 0.301 e. The van der Waals surface area contributed by atoms with Crippen molar-refractivity contribution in [3.05, 3.63) is 39.9 Å². The minimum Gasteiger partial charge on any atom is -0.301 e. The third-order valence-electron chi connectivity index (χ3n) is 2.98. The highest BCUT2D eigenvalue weighted by Gasteiger charge is 2.09. The Labute approximate surface area is 127 Å². The molecule has 0 bridgehead atoms. The third-order valence-corrected chi connectivity index (χ3v) is 5.12. The molecule has 2 rings (SSSR count). The number of benzene rings is 1. The van der Waals surface area contributed by atoms with Crippen LogP contribution in [0, 0.1) is 27.7 Å². The number of amides is 1. The lowest BCUT2D eigenvalue weighted by Crippen LogP contribution is -2.13. The molecule has 1 aromatic heterocycles. The van der Waals surface area contributed by atoms with E-state index in [1.54, 1.807) is 11.8 Å². The van der Waals surface area contributed by atoms with Gasteiger partial charge in [0.25, 0.3) is 0 Å². The van der Waals surface area contributed by atoms with Crippen molar-refractivity contribution < 1.29 is 4.79 Å². The van der Waals surface area contributed by atoms with Crippen molar-refractivity contribution in [3.63, 3.8) is 0 Å². The number of thioether (sulfide) groups is 1. The van der Waals surface area contributed by atoms with Crippen molar-refractivity contribution in [3.8, 4) is 0 Å². The molecule has 1 N–H and O–H groups in total. The quantitative estimate of drug-likeness (QED) is 0.864. The van der Waals surface area contributed by atoms with Crippen LogP contribution in [-0.4, -0.2) is 16.6 Å². The molecule has 3 nitrogen and oxygen atoms in total. The molecular weight excluding hydrogens is 288 g/mol. The number of nitrogens with one attached hydrogen (secondary N) is 1. The second-order valence-electron chi connectivity index (χ2n) is 4.77. The number of aromatic nitrogens is 1. The summed E-state index contributed by atoms with van der Waals surface area (Å²) in [7, 11) is 0. The summed E-state index contributed by atoms with van der Waals surface area (Å²) in [6, 6.07) is 6.29. The molecule has 0 radical (unpaired) electrons. The highest BCUT2D eigenvalue weighted by Crippen LogP contribution is 2.25. The lowest BCUT2D eigenvalue weighted by Gasteiger charge is -2.06. The molecule has 0 spiro atoms. The van der Waals surface area contributed by atoms with Gasteiger partial charge in [0.2, 0.25) is 5.91 Å². The zero-order valence-corrected chi connectivity index (χ0v) is 13.7. The molecule has 0 aliphatic rings. The molecule has 0 unspecified atom stereocenters. The number of hydrogen-bond donors (Lipinski definition) is 1. The van der Waals surface area contributed by atoms with Gasteiger partial charge in [-0.05, 0) is 39.3 Å². The Bertz CT molecular complexity index is 615. The standard InChI is InChI=1S/C15H18N2OS2/c1-9-5-6-10(2)13(7-9)19-8-14(18)17-15-16-11(3)12(4)20-15/h5-7H,8H2,1-4H3,(H,16,17,18). The SMILES string of the molecule is Cc1ccc(C)c(SCC(=O)Nc2nc(C)c(C)s2)c1. The van der Waals surface area contributed by atoms with E-state index in [0.29, 0.717) is 10.9 Å². The maximum Gasteiger partial charge on any atom is 0.236 e. The van der Waals surface area contributed by atoms with E-state index in [0.717, 1.165) is 15.5 Å². The summed E-state index contributed by atoms with van der Waals surface area (Å²) >= 11 is 3.08. The molecule has 0 saturated heterocycles. The van der Waals surface area contributed by atoms with Crippen molar-refractivity contribution in [2.45, 2.75) is 32.6 Å². The first kappa shape index (κ1) is 15.1. The summed E-state index contributed by atoms with van der Waals surface area (Å²) in [5, 5.41) is 3.54. The van der Waals surface area contributed by atoms with Crippen LogP contribution in [0.25, 0.3) is 0 Å². The fourth-order valence-electron chi connectivity index (χ4n) is 1.69. The number of carbonyl (C=O) groups excluding carboxylic acids is 1. The summed E-state index contributed by atoms with van der Waals surface area (Å²) in [6.45, 7) is 8.08. The molecule has 0 aliphatic carbocycles. The van der Waals surface area contributed by atoms with Crippen molar-refractivity contribution in [2.24, 2.45) is 0 Å². The van der Waals surface area contributed by atoms with Crippen LogP contribution in [-0.2, 0) is 4.79 Å². The predicted molar refractivity (Wildman–Crippen MR) is 86.9 cm³/mol. The Morgan fingerprint density at radius 2 is 2.05 bits per heavy atom. The van der Waals surface area contributed by atoms with E-state index in [9.17, 15) is 4.79 Å². The lowest BCUT2D eigenvalue weighted by atomic mass is 10.2. The molecule has 0 fully saturated rings. The Morgan fingerprint density at radius 1 is 1.30 bits per heavy atom. The number of carbonyl (C=O) groups is 1. The van der Waals surface area contributed by atoms with Gasteiger partial charge in [0.1, 0.15) is 0 Å². The van der Waals surface area contributed by atoms with Gasteiger partial charge < -0.3 is 5.32 Å². The zero-order valence-electron chi connectivity index (χ0n) is 12.1. The van der Waals surface area contributed by atoms with Crippen molar-refractivity contribution >= 4 is 34.1 Å². The molecule has 2 aromatic rings. The number of anilines is 1. The smallest absolute Gasteiger partial charge is 0.236 e. The van der Waals surface area contributed by atoms with Gasteiger partial charge in [0, 0.05) is 9.77 Å². The fourth-order valence-corrected chi connectivity index (χ4v) is 3.44. The van der Waals surface area contributed by atoms with Crippen molar-refractivity contribution in [1.29, 1.82) is 0 Å². The van der Waals surface area contributed by atoms with Crippen LogP contribution < -0.4 is 5.32 Å². The van der Waals surface area contributed by atoms with Gasteiger partial charge in [-0.25, -0.2) is 4.98 Å².